The number of nitrogens with one attached hydrogen (secondary N) is 2. The van der Waals surface area contributed by atoms with Crippen LogP contribution < -0.4 is 10.6 Å². The Morgan fingerprint density at radius 2 is 2.09 bits per heavy atom. The Kier molecular flexibility index (Phi) is 4.35. The first-order chi connectivity index (χ1) is 10.6. The van der Waals surface area contributed by atoms with E-state index >= 15 is 0 Å². The fraction of sp³-hybridized carbons (Fsp3) is 0.133. The van der Waals surface area contributed by atoms with Crippen LogP contribution in [0.4, 0.5) is 11.4 Å². The van der Waals surface area contributed by atoms with Crippen LogP contribution in [0.15, 0.2) is 40.9 Å². The van der Waals surface area contributed by atoms with Gasteiger partial charge in [0, 0.05) is 10.2 Å². The average molecular weight is 377 g/mol. The molecule has 0 fully saturated rings. The van der Waals surface area contributed by atoms with Gasteiger partial charge in [0.25, 0.3) is 0 Å². The normalized spacial score (nSPS) is 10.6. The van der Waals surface area contributed by atoms with Crippen molar-refractivity contribution >= 4 is 56.0 Å². The van der Waals surface area contributed by atoms with Crippen LogP contribution in [0.5, 0.6) is 0 Å². The number of hydrogen-bond acceptors (Lipinski definition) is 5. The van der Waals surface area contributed by atoms with Crippen molar-refractivity contribution in [2.24, 2.45) is 0 Å². The van der Waals surface area contributed by atoms with Gasteiger partial charge < -0.3 is 10.6 Å². The Hall–Kier alpha value is -1.99. The summed E-state index contributed by atoms with van der Waals surface area (Å²) in [5.41, 5.74) is 4.23. The number of nitrogens with zero attached hydrogens (tertiary/aromatic N) is 2. The molecule has 0 aliphatic heterocycles. The molecule has 0 aliphatic rings. The smallest absolute Gasteiger partial charge is 0.243 e. The van der Waals surface area contributed by atoms with Crippen molar-refractivity contribution in [1.29, 1.82) is 0 Å². The van der Waals surface area contributed by atoms with E-state index in [9.17, 15) is 4.79 Å². The molecule has 22 heavy (non-hydrogen) atoms. The SMILES string of the molecule is Cc1ccc(NCC(=O)Nc2cccc3nsnc23)c(Br)c1. The fourth-order valence-corrected chi connectivity index (χ4v) is 3.22. The predicted octanol–water partition coefficient (Wildman–Crippen LogP) is 3.81. The third-order valence-corrected chi connectivity index (χ3v) is 4.32. The van der Waals surface area contributed by atoms with Crippen molar-refractivity contribution in [1.82, 2.24) is 8.75 Å². The summed E-state index contributed by atoms with van der Waals surface area (Å²) in [5.74, 6) is -0.132. The molecule has 1 heterocycles. The number of rotatable bonds is 4. The van der Waals surface area contributed by atoms with Gasteiger partial charge in [-0.3, -0.25) is 4.79 Å². The number of carbonyl (C=O) groups is 1. The Morgan fingerprint density at radius 1 is 1.23 bits per heavy atom. The summed E-state index contributed by atoms with van der Waals surface area (Å²) in [6.07, 6.45) is 0. The van der Waals surface area contributed by atoms with E-state index in [4.69, 9.17) is 0 Å². The van der Waals surface area contributed by atoms with E-state index in [2.05, 4.69) is 35.3 Å². The summed E-state index contributed by atoms with van der Waals surface area (Å²) in [4.78, 5) is 12.1. The molecule has 3 aromatic rings. The standard InChI is InChI=1S/C15H13BrN4OS/c1-9-5-6-11(10(16)7-9)17-8-14(21)18-12-3-2-4-13-15(12)20-22-19-13/h2-7,17H,8H2,1H3,(H,18,21). The van der Waals surface area contributed by atoms with Crippen LogP contribution in [0.2, 0.25) is 0 Å². The molecule has 0 saturated carbocycles. The van der Waals surface area contributed by atoms with Gasteiger partial charge in [-0.25, -0.2) is 0 Å². The lowest BCUT2D eigenvalue weighted by Crippen LogP contribution is -2.22. The number of anilines is 2. The first-order valence-corrected chi connectivity index (χ1v) is 8.17. The topological polar surface area (TPSA) is 66.9 Å². The van der Waals surface area contributed by atoms with Gasteiger partial charge in [-0.1, -0.05) is 12.1 Å². The quantitative estimate of drug-likeness (QED) is 0.726. The van der Waals surface area contributed by atoms with Gasteiger partial charge in [-0.2, -0.15) is 8.75 Å². The van der Waals surface area contributed by atoms with Crippen molar-refractivity contribution in [2.45, 2.75) is 6.92 Å². The van der Waals surface area contributed by atoms with Crippen molar-refractivity contribution in [2.75, 3.05) is 17.2 Å². The Balaban J connectivity index is 1.66. The van der Waals surface area contributed by atoms with Gasteiger partial charge in [0.15, 0.2) is 0 Å². The first kappa shape index (κ1) is 14.9. The molecule has 1 amide bonds. The van der Waals surface area contributed by atoms with E-state index in [1.807, 2.05) is 43.3 Å². The Bertz CT molecular complexity index is 833. The summed E-state index contributed by atoms with van der Waals surface area (Å²) >= 11 is 4.61. The van der Waals surface area contributed by atoms with Crippen molar-refractivity contribution in [3.05, 3.63) is 46.4 Å². The highest BCUT2D eigenvalue weighted by Crippen LogP contribution is 2.23. The maximum Gasteiger partial charge on any atom is 0.243 e. The van der Waals surface area contributed by atoms with Crippen LogP contribution in [0.3, 0.4) is 0 Å². The van der Waals surface area contributed by atoms with Crippen molar-refractivity contribution in [3.63, 3.8) is 0 Å². The van der Waals surface area contributed by atoms with Crippen LogP contribution in [-0.2, 0) is 4.79 Å². The number of aryl methyl sites for hydroxylation is 1. The van der Waals surface area contributed by atoms with E-state index in [-0.39, 0.29) is 12.5 Å². The van der Waals surface area contributed by atoms with E-state index in [1.165, 1.54) is 0 Å². The first-order valence-electron chi connectivity index (χ1n) is 6.64. The third kappa shape index (κ3) is 3.26. The lowest BCUT2D eigenvalue weighted by atomic mass is 10.2. The van der Waals surface area contributed by atoms with Gasteiger partial charge in [-0.05, 0) is 52.7 Å². The predicted molar refractivity (Wildman–Crippen MR) is 93.4 cm³/mol. The summed E-state index contributed by atoms with van der Waals surface area (Å²) in [6, 6.07) is 11.5. The number of fused-ring (bicyclic) bond motifs is 1. The fourth-order valence-electron chi connectivity index (χ4n) is 2.04. The highest BCUT2D eigenvalue weighted by atomic mass is 79.9. The highest BCUT2D eigenvalue weighted by Gasteiger charge is 2.09. The monoisotopic (exact) mass is 376 g/mol. The zero-order valence-corrected chi connectivity index (χ0v) is 14.2. The molecule has 0 radical (unpaired) electrons. The minimum absolute atomic E-state index is 0.132. The van der Waals surface area contributed by atoms with Gasteiger partial charge in [0.05, 0.1) is 24.0 Å². The molecule has 0 atom stereocenters. The molecule has 2 aromatic carbocycles. The number of aromatic nitrogens is 2. The lowest BCUT2D eigenvalue weighted by molar-refractivity contribution is -0.114. The molecule has 5 nitrogen and oxygen atoms in total. The average Bonchev–Trinajstić information content (AvgIpc) is 2.96. The van der Waals surface area contributed by atoms with Crippen LogP contribution in [0, 0.1) is 6.92 Å². The Labute approximate surface area is 140 Å². The molecule has 3 rings (SSSR count). The van der Waals surface area contributed by atoms with Crippen LogP contribution >= 0.6 is 27.7 Å². The molecule has 0 unspecified atom stereocenters. The van der Waals surface area contributed by atoms with Crippen molar-refractivity contribution < 1.29 is 4.79 Å². The summed E-state index contributed by atoms with van der Waals surface area (Å²) in [6.45, 7) is 2.19. The third-order valence-electron chi connectivity index (χ3n) is 3.12. The minimum Gasteiger partial charge on any atom is -0.375 e. The molecular formula is C15H13BrN4OS. The molecule has 0 spiro atoms. The second kappa shape index (κ2) is 6.41. The molecule has 1 aromatic heterocycles. The molecule has 0 bridgehead atoms. The zero-order valence-electron chi connectivity index (χ0n) is 11.8. The number of halogens is 1. The minimum atomic E-state index is -0.132. The maximum atomic E-state index is 12.1. The summed E-state index contributed by atoms with van der Waals surface area (Å²) < 4.78 is 9.30. The molecule has 0 aliphatic carbocycles. The van der Waals surface area contributed by atoms with Crippen LogP contribution in [-0.4, -0.2) is 21.2 Å². The molecule has 2 N–H and O–H groups in total. The highest BCUT2D eigenvalue weighted by molar-refractivity contribution is 9.10. The number of carbonyl (C=O) groups excluding carboxylic acids is 1. The Morgan fingerprint density at radius 3 is 2.91 bits per heavy atom. The van der Waals surface area contributed by atoms with Gasteiger partial charge >= 0.3 is 0 Å². The largest absolute Gasteiger partial charge is 0.375 e. The maximum absolute atomic E-state index is 12.1. The number of hydrogen-bond donors (Lipinski definition) is 2. The second-order valence-electron chi connectivity index (χ2n) is 4.82. The lowest BCUT2D eigenvalue weighted by Gasteiger charge is -2.10. The molecule has 112 valence electrons. The van der Waals surface area contributed by atoms with Gasteiger partial charge in [0.1, 0.15) is 11.0 Å². The van der Waals surface area contributed by atoms with E-state index in [1.54, 1.807) is 0 Å². The van der Waals surface area contributed by atoms with Crippen molar-refractivity contribution in [3.8, 4) is 0 Å². The molecule has 7 heteroatoms. The van der Waals surface area contributed by atoms with Crippen LogP contribution in [0.25, 0.3) is 11.0 Å². The van der Waals surface area contributed by atoms with Gasteiger partial charge in [0.2, 0.25) is 5.91 Å². The summed E-state index contributed by atoms with van der Waals surface area (Å²) in [5, 5.41) is 5.97. The van der Waals surface area contributed by atoms with E-state index in [0.29, 0.717) is 5.69 Å². The number of benzene rings is 2. The molecular weight excluding hydrogens is 364 g/mol. The second-order valence-corrected chi connectivity index (χ2v) is 6.21. The zero-order chi connectivity index (χ0) is 15.5. The molecule has 0 saturated heterocycles. The number of amides is 1. The summed E-state index contributed by atoms with van der Waals surface area (Å²) in [7, 11) is 0. The van der Waals surface area contributed by atoms with Crippen LogP contribution in [0.1, 0.15) is 5.56 Å². The van der Waals surface area contributed by atoms with E-state index < -0.39 is 0 Å². The van der Waals surface area contributed by atoms with E-state index in [0.717, 1.165) is 38.5 Å². The van der Waals surface area contributed by atoms with Gasteiger partial charge in [-0.15, -0.1) is 0 Å².